The van der Waals surface area contributed by atoms with Gasteiger partial charge in [-0.25, -0.2) is 5.43 Å². The standard InChI is InChI=1S/C15H15N3OS/c1-20-14-8-2-11(3-9-14)10-17-18-15(19)12-4-6-13(16)7-5-12/h2-10H,16H2,1H3,(H,18,19)/b17-10-. The van der Waals surface area contributed by atoms with Crippen molar-refractivity contribution in [1.29, 1.82) is 0 Å². The molecular formula is C15H15N3OS. The number of nitrogens with zero attached hydrogens (tertiary/aromatic N) is 1. The maximum Gasteiger partial charge on any atom is 0.271 e. The molecule has 0 heterocycles. The quantitative estimate of drug-likeness (QED) is 0.393. The molecule has 0 aliphatic heterocycles. The van der Waals surface area contributed by atoms with Gasteiger partial charge in [0, 0.05) is 16.1 Å². The van der Waals surface area contributed by atoms with Gasteiger partial charge in [-0.05, 0) is 48.2 Å². The molecule has 2 aromatic carbocycles. The van der Waals surface area contributed by atoms with Gasteiger partial charge in [0.15, 0.2) is 0 Å². The van der Waals surface area contributed by atoms with Crippen molar-refractivity contribution in [3.05, 3.63) is 59.7 Å². The maximum absolute atomic E-state index is 11.8. The summed E-state index contributed by atoms with van der Waals surface area (Å²) in [6, 6.07) is 14.6. The summed E-state index contributed by atoms with van der Waals surface area (Å²) in [6.07, 6.45) is 3.63. The Morgan fingerprint density at radius 3 is 2.40 bits per heavy atom. The summed E-state index contributed by atoms with van der Waals surface area (Å²) in [5, 5.41) is 3.93. The van der Waals surface area contributed by atoms with E-state index in [2.05, 4.69) is 10.5 Å². The Hall–Kier alpha value is -2.27. The summed E-state index contributed by atoms with van der Waals surface area (Å²) < 4.78 is 0. The fraction of sp³-hybridized carbons (Fsp3) is 0.0667. The van der Waals surface area contributed by atoms with Crippen LogP contribution in [0.15, 0.2) is 58.5 Å². The summed E-state index contributed by atoms with van der Waals surface area (Å²) in [5.74, 6) is -0.262. The van der Waals surface area contributed by atoms with E-state index in [1.807, 2.05) is 30.5 Å². The van der Waals surface area contributed by atoms with Crippen LogP contribution in [0.3, 0.4) is 0 Å². The number of hydrogen-bond donors (Lipinski definition) is 2. The van der Waals surface area contributed by atoms with Crippen LogP contribution < -0.4 is 11.2 Å². The number of nitrogen functional groups attached to an aromatic ring is 1. The SMILES string of the molecule is CSc1ccc(/C=N\NC(=O)c2ccc(N)cc2)cc1. The Kier molecular flexibility index (Phi) is 4.79. The molecule has 1 amide bonds. The first-order valence-corrected chi connectivity index (χ1v) is 7.24. The Morgan fingerprint density at radius 1 is 1.15 bits per heavy atom. The van der Waals surface area contributed by atoms with Gasteiger partial charge in [0.05, 0.1) is 6.21 Å². The number of amides is 1. The van der Waals surface area contributed by atoms with Crippen molar-refractivity contribution in [1.82, 2.24) is 5.43 Å². The molecule has 0 radical (unpaired) electrons. The van der Waals surface area contributed by atoms with E-state index in [0.29, 0.717) is 11.3 Å². The zero-order valence-corrected chi connectivity index (χ0v) is 11.9. The number of anilines is 1. The molecule has 102 valence electrons. The third-order valence-corrected chi connectivity index (χ3v) is 3.41. The minimum absolute atomic E-state index is 0.262. The van der Waals surface area contributed by atoms with Crippen molar-refractivity contribution in [3.8, 4) is 0 Å². The highest BCUT2D eigenvalue weighted by atomic mass is 32.2. The maximum atomic E-state index is 11.8. The lowest BCUT2D eigenvalue weighted by Crippen LogP contribution is -2.17. The van der Waals surface area contributed by atoms with Crippen molar-refractivity contribution >= 4 is 29.6 Å². The number of nitrogens with one attached hydrogen (secondary N) is 1. The normalized spacial score (nSPS) is 10.7. The van der Waals surface area contributed by atoms with Crippen LogP contribution in [0.5, 0.6) is 0 Å². The number of thioether (sulfide) groups is 1. The minimum Gasteiger partial charge on any atom is -0.399 e. The molecule has 0 spiro atoms. The Bertz CT molecular complexity index is 606. The molecule has 0 unspecified atom stereocenters. The second-order valence-corrected chi connectivity index (χ2v) is 4.97. The van der Waals surface area contributed by atoms with Crippen LogP contribution in [0.2, 0.25) is 0 Å². The first-order chi connectivity index (χ1) is 9.69. The number of hydrazone groups is 1. The summed E-state index contributed by atoms with van der Waals surface area (Å²) in [5.41, 5.74) is 10.1. The van der Waals surface area contributed by atoms with Crippen molar-refractivity contribution in [2.45, 2.75) is 4.90 Å². The lowest BCUT2D eigenvalue weighted by atomic mass is 10.2. The van der Waals surface area contributed by atoms with E-state index in [1.54, 1.807) is 42.2 Å². The molecule has 0 aromatic heterocycles. The second kappa shape index (κ2) is 6.77. The predicted octanol–water partition coefficient (Wildman–Crippen LogP) is 2.75. The fourth-order valence-corrected chi connectivity index (χ4v) is 1.96. The van der Waals surface area contributed by atoms with Gasteiger partial charge in [0.25, 0.3) is 5.91 Å². The molecule has 0 saturated heterocycles. The molecule has 0 fully saturated rings. The average Bonchev–Trinajstić information content (AvgIpc) is 2.48. The molecular weight excluding hydrogens is 270 g/mol. The molecule has 5 heteroatoms. The van der Waals surface area contributed by atoms with Gasteiger partial charge in [-0.15, -0.1) is 11.8 Å². The summed E-state index contributed by atoms with van der Waals surface area (Å²) in [4.78, 5) is 13.0. The molecule has 0 bridgehead atoms. The van der Waals surface area contributed by atoms with Gasteiger partial charge < -0.3 is 5.73 Å². The molecule has 0 saturated carbocycles. The smallest absolute Gasteiger partial charge is 0.271 e. The van der Waals surface area contributed by atoms with E-state index in [1.165, 1.54) is 4.90 Å². The van der Waals surface area contributed by atoms with Crippen LogP contribution >= 0.6 is 11.8 Å². The third kappa shape index (κ3) is 3.86. The molecule has 4 nitrogen and oxygen atoms in total. The third-order valence-electron chi connectivity index (χ3n) is 2.67. The van der Waals surface area contributed by atoms with Crippen molar-refractivity contribution < 1.29 is 4.79 Å². The summed E-state index contributed by atoms with van der Waals surface area (Å²) >= 11 is 1.68. The Labute approximate surface area is 122 Å². The topological polar surface area (TPSA) is 67.5 Å². The number of carbonyl (C=O) groups excluding carboxylic acids is 1. The largest absolute Gasteiger partial charge is 0.399 e. The molecule has 2 rings (SSSR count). The zero-order chi connectivity index (χ0) is 14.4. The first-order valence-electron chi connectivity index (χ1n) is 6.02. The lowest BCUT2D eigenvalue weighted by molar-refractivity contribution is 0.0955. The van der Waals surface area contributed by atoms with E-state index in [4.69, 9.17) is 5.73 Å². The number of benzene rings is 2. The van der Waals surface area contributed by atoms with Crippen LogP contribution in [0.1, 0.15) is 15.9 Å². The van der Waals surface area contributed by atoms with Gasteiger partial charge in [0.2, 0.25) is 0 Å². The van der Waals surface area contributed by atoms with Crippen LogP contribution in [-0.2, 0) is 0 Å². The minimum atomic E-state index is -0.262. The van der Waals surface area contributed by atoms with Crippen LogP contribution in [0.25, 0.3) is 0 Å². The number of rotatable bonds is 4. The van der Waals surface area contributed by atoms with Crippen LogP contribution in [0.4, 0.5) is 5.69 Å². The molecule has 2 aromatic rings. The number of nitrogens with two attached hydrogens (primary N) is 1. The monoisotopic (exact) mass is 285 g/mol. The average molecular weight is 285 g/mol. The van der Waals surface area contributed by atoms with E-state index >= 15 is 0 Å². The van der Waals surface area contributed by atoms with Gasteiger partial charge in [-0.1, -0.05) is 12.1 Å². The van der Waals surface area contributed by atoms with Gasteiger partial charge in [-0.3, -0.25) is 4.79 Å². The van der Waals surface area contributed by atoms with E-state index in [0.717, 1.165) is 5.56 Å². The number of hydrogen-bond acceptors (Lipinski definition) is 4. The van der Waals surface area contributed by atoms with Gasteiger partial charge in [0.1, 0.15) is 0 Å². The first kappa shape index (κ1) is 14.1. The van der Waals surface area contributed by atoms with E-state index in [-0.39, 0.29) is 5.91 Å². The Balaban J connectivity index is 1.95. The molecule has 3 N–H and O–H groups in total. The lowest BCUT2D eigenvalue weighted by Gasteiger charge is -2.00. The van der Waals surface area contributed by atoms with Crippen LogP contribution in [0, 0.1) is 0 Å². The molecule has 0 aliphatic rings. The predicted molar refractivity (Wildman–Crippen MR) is 84.1 cm³/mol. The second-order valence-electron chi connectivity index (χ2n) is 4.09. The van der Waals surface area contributed by atoms with Crippen molar-refractivity contribution in [2.75, 3.05) is 12.0 Å². The summed E-state index contributed by atoms with van der Waals surface area (Å²) in [7, 11) is 0. The van der Waals surface area contributed by atoms with Crippen molar-refractivity contribution in [3.63, 3.8) is 0 Å². The summed E-state index contributed by atoms with van der Waals surface area (Å²) in [6.45, 7) is 0. The Morgan fingerprint density at radius 2 is 1.80 bits per heavy atom. The van der Waals surface area contributed by atoms with Gasteiger partial charge in [-0.2, -0.15) is 5.10 Å². The molecule has 0 atom stereocenters. The highest BCUT2D eigenvalue weighted by molar-refractivity contribution is 7.98. The van der Waals surface area contributed by atoms with Gasteiger partial charge >= 0.3 is 0 Å². The van der Waals surface area contributed by atoms with E-state index < -0.39 is 0 Å². The molecule has 20 heavy (non-hydrogen) atoms. The highest BCUT2D eigenvalue weighted by Gasteiger charge is 2.02. The van der Waals surface area contributed by atoms with Crippen molar-refractivity contribution in [2.24, 2.45) is 5.10 Å². The highest BCUT2D eigenvalue weighted by Crippen LogP contribution is 2.13. The van der Waals surface area contributed by atoms with E-state index in [9.17, 15) is 4.79 Å². The zero-order valence-electron chi connectivity index (χ0n) is 11.0. The fourth-order valence-electron chi connectivity index (χ4n) is 1.55. The molecule has 0 aliphatic carbocycles. The van der Waals surface area contributed by atoms with Crippen LogP contribution in [-0.4, -0.2) is 18.4 Å². The number of carbonyl (C=O) groups is 1.